The first-order chi connectivity index (χ1) is 49.3. The minimum Gasteiger partial charge on any atom is -0.480 e. The van der Waals surface area contributed by atoms with Crippen molar-refractivity contribution in [3.8, 4) is 46.9 Å². The topological polar surface area (TPSA) is 338 Å². The van der Waals surface area contributed by atoms with E-state index in [2.05, 4.69) is 66.3 Å². The molecule has 0 saturated heterocycles. The largest absolute Gasteiger partial charge is 0.480 e. The predicted molar refractivity (Wildman–Crippen MR) is 395 cm³/mol. The van der Waals surface area contributed by atoms with Gasteiger partial charge in [-0.1, -0.05) is 47.5 Å². The van der Waals surface area contributed by atoms with E-state index < -0.39 is 30.1 Å². The van der Waals surface area contributed by atoms with Crippen LogP contribution in [0.25, 0.3) is 11.4 Å². The van der Waals surface area contributed by atoms with Crippen LogP contribution in [0.3, 0.4) is 0 Å². The van der Waals surface area contributed by atoms with Crippen molar-refractivity contribution < 1.29 is 67.0 Å². The molecule has 3 aromatic carbocycles. The van der Waals surface area contributed by atoms with Crippen molar-refractivity contribution in [3.63, 3.8) is 0 Å². The Morgan fingerprint density at radius 2 is 1.34 bits per heavy atom. The number of nitrogens with zero attached hydrogens (tertiary/aromatic N) is 14. The number of hydrogen-bond donors (Lipinski definition) is 1. The summed E-state index contributed by atoms with van der Waals surface area (Å²) in [6.07, 6.45) is 7.07. The van der Waals surface area contributed by atoms with Crippen LogP contribution >= 0.6 is 55.1 Å². The summed E-state index contributed by atoms with van der Waals surface area (Å²) in [5.74, 6) is 0.237. The van der Waals surface area contributed by atoms with E-state index in [0.29, 0.717) is 101 Å². The predicted octanol–water partition coefficient (Wildman–Crippen LogP) is 14.3. The first-order valence-electron chi connectivity index (χ1n) is 32.5. The van der Waals surface area contributed by atoms with Crippen molar-refractivity contribution in [2.75, 3.05) is 59.8 Å². The maximum Gasteiger partial charge on any atom is 0.358 e. The summed E-state index contributed by atoms with van der Waals surface area (Å²) in [5, 5.41) is 28.4. The van der Waals surface area contributed by atoms with E-state index in [1.165, 1.54) is 34.3 Å². The van der Waals surface area contributed by atoms with Gasteiger partial charge < -0.3 is 61.4 Å². The summed E-state index contributed by atoms with van der Waals surface area (Å²) in [5.41, 5.74) is 5.37. The number of esters is 3. The molecule has 554 valence electrons. The third-order valence-corrected chi connectivity index (χ3v) is 16.3. The van der Waals surface area contributed by atoms with Crippen LogP contribution < -0.4 is 23.8 Å². The van der Waals surface area contributed by atoms with E-state index in [9.17, 15) is 33.9 Å². The molecule has 0 saturated carbocycles. The SMILES string of the molecule is CC(=O)c1cn(C(C)C)c(Br)n1.CC(=O)c1cn(C(C)C)cn1.CCOC(=O)/C(C#N)=C/N(C)C.CCOC(=O)CC#N.CCOC(=O)c1nc(Br)n(C(C)C)c1C(O)c1ccc(Cl)cc1.COc1ncc(-c2nc3c(n2C(C)C)C(c2ccc(Cl)cc2)N(c2ccc4c(c2)OCO4)C3=O)c(OC)n1. The summed E-state index contributed by atoms with van der Waals surface area (Å²) in [7, 11) is 6.47. The van der Waals surface area contributed by atoms with E-state index >= 15 is 0 Å². The molecule has 10 rings (SSSR count). The highest BCUT2D eigenvalue weighted by Crippen LogP contribution is 2.47. The summed E-state index contributed by atoms with van der Waals surface area (Å²) in [6, 6.07) is 23.5. The number of aliphatic hydroxyl groups excluding tert-OH is 1. The van der Waals surface area contributed by atoms with Gasteiger partial charge in [0.2, 0.25) is 12.7 Å². The normalized spacial score (nSPS) is 12.7. The van der Waals surface area contributed by atoms with Crippen LogP contribution in [0.4, 0.5) is 5.69 Å². The lowest BCUT2D eigenvalue weighted by atomic mass is 10.0. The van der Waals surface area contributed by atoms with E-state index in [0.717, 1.165) is 11.3 Å². The number of amides is 1. The molecule has 1 N–H and O–H groups in total. The van der Waals surface area contributed by atoms with Crippen molar-refractivity contribution in [2.45, 2.75) is 133 Å². The fraction of sp³-hybridized carbons (Fsp3) is 0.389. The number of carbonyl (C=O) groups excluding carboxylic acids is 6. The highest BCUT2D eigenvalue weighted by molar-refractivity contribution is 9.10. The van der Waals surface area contributed by atoms with Gasteiger partial charge in [0, 0.05) is 98.7 Å². The second-order valence-corrected chi connectivity index (χ2v) is 25.9. The molecule has 8 aromatic rings. The first kappa shape index (κ1) is 84.7. The van der Waals surface area contributed by atoms with Gasteiger partial charge in [0.05, 0.1) is 63.4 Å². The second-order valence-electron chi connectivity index (χ2n) is 23.6. The third kappa shape index (κ3) is 22.3. The number of carbonyl (C=O) groups is 6. The molecular weight excluding hydrogens is 1520 g/mol. The quantitative estimate of drug-likeness (QED) is 0.0243. The number of imidazole rings is 4. The Morgan fingerprint density at radius 3 is 1.83 bits per heavy atom. The number of Topliss-reactive ketones (excluding diaryl/α,β-unsaturated/α-hetero) is 2. The number of methoxy groups -OCH3 is 2. The molecule has 0 aliphatic carbocycles. The lowest BCUT2D eigenvalue weighted by Gasteiger charge is -2.28. The fourth-order valence-corrected chi connectivity index (χ4v) is 11.6. The van der Waals surface area contributed by atoms with E-state index in [4.69, 9.17) is 62.4 Å². The van der Waals surface area contributed by atoms with Crippen molar-refractivity contribution in [2.24, 2.45) is 0 Å². The number of nitriles is 2. The van der Waals surface area contributed by atoms with Gasteiger partial charge in [-0.15, -0.1) is 0 Å². The van der Waals surface area contributed by atoms with Gasteiger partial charge >= 0.3 is 23.9 Å². The van der Waals surface area contributed by atoms with Gasteiger partial charge in [-0.25, -0.2) is 34.5 Å². The molecule has 0 bridgehead atoms. The van der Waals surface area contributed by atoms with Crippen LogP contribution in [0.5, 0.6) is 23.4 Å². The van der Waals surface area contributed by atoms with Crippen molar-refractivity contribution in [1.29, 1.82) is 10.5 Å². The maximum absolute atomic E-state index is 14.1. The van der Waals surface area contributed by atoms with E-state index in [1.54, 1.807) is 111 Å². The van der Waals surface area contributed by atoms with Crippen molar-refractivity contribution >= 4 is 96.1 Å². The Hall–Kier alpha value is -9.98. The number of rotatable bonds is 20. The highest BCUT2D eigenvalue weighted by Gasteiger charge is 2.45. The molecule has 2 atom stereocenters. The molecule has 7 heterocycles. The first-order valence-corrected chi connectivity index (χ1v) is 34.9. The van der Waals surface area contributed by atoms with E-state index in [-0.39, 0.29) is 73.3 Å². The third-order valence-electron chi connectivity index (χ3n) is 14.6. The molecule has 0 radical (unpaired) electrons. The van der Waals surface area contributed by atoms with Crippen molar-refractivity contribution in [3.05, 3.63) is 168 Å². The molecule has 28 nitrogen and oxygen atoms in total. The summed E-state index contributed by atoms with van der Waals surface area (Å²) < 4.78 is 44.7. The minimum absolute atomic E-state index is 0.00278. The lowest BCUT2D eigenvalue weighted by Crippen LogP contribution is -2.30. The van der Waals surface area contributed by atoms with Gasteiger partial charge in [-0.05, 0) is 156 Å². The average Bonchev–Trinajstić information content (AvgIpc) is 1.56. The Kier molecular flexibility index (Phi) is 32.7. The lowest BCUT2D eigenvalue weighted by molar-refractivity contribution is -0.142. The van der Waals surface area contributed by atoms with Gasteiger partial charge in [-0.2, -0.15) is 15.5 Å². The second kappa shape index (κ2) is 40.2. The number of ether oxygens (including phenoxy) is 7. The molecule has 0 spiro atoms. The number of aliphatic hydroxyl groups is 1. The Bertz CT molecular complexity index is 4400. The molecule has 2 unspecified atom stereocenters. The van der Waals surface area contributed by atoms with E-state index in [1.807, 2.05) is 112 Å². The molecule has 1 amide bonds. The molecular formula is C72H84Br2Cl2N14O14. The molecule has 32 heteroatoms. The van der Waals surface area contributed by atoms with Crippen molar-refractivity contribution in [1.82, 2.24) is 53.1 Å². The molecule has 5 aromatic heterocycles. The van der Waals surface area contributed by atoms with Crippen LogP contribution in [-0.2, 0) is 23.8 Å². The zero-order valence-electron chi connectivity index (χ0n) is 60.8. The fourth-order valence-electron chi connectivity index (χ4n) is 9.84. The summed E-state index contributed by atoms with van der Waals surface area (Å²) in [4.78, 5) is 98.2. The number of aromatic nitrogens is 10. The van der Waals surface area contributed by atoms with Gasteiger partial charge in [0.1, 0.15) is 41.8 Å². The summed E-state index contributed by atoms with van der Waals surface area (Å²) in [6.45, 7) is 25.3. The van der Waals surface area contributed by atoms with Crippen LogP contribution in [0.1, 0.15) is 197 Å². The standard InChI is InChI=1S/C27H24ClN5O5.C16H18BrClN2O3.C8H11BrN2O.C8H12N2O2.C8H12N2O.C5H7NO2/c1-14(2)32-23-21(30-24(32)18-12-29-27(36-4)31-25(18)35-3)26(34)33(22(23)15-5-7-16(28)8-6-15)17-9-10-19-20(11-17)38-13-37-19;1-4-23-15(22)12-13(20(9(2)3)16(17)19-12)14(21)10-5-7-11(18)8-6-10;1-5(2)11-4-7(6(3)12)10-8(11)9;1-4-12-8(11)7(5-9)6-10(2)3;1-6(2)10-4-8(7(3)11)9-5-10;1-2-8-5(7)3-4-6/h5-12,14,22H,13H2,1-4H3;5-9,14,21H,4H2,1-3H3;4-5H,1-3H3;6H,4H2,1-3H3;4-6H,1-3H3;2-3H2,1H3/b;;;7-6+;;. The Morgan fingerprint density at radius 1 is 0.731 bits per heavy atom. The number of ketones is 2. The van der Waals surface area contributed by atoms with Crippen LogP contribution in [0, 0.1) is 22.7 Å². The number of hydrogen-bond acceptors (Lipinski definition) is 23. The number of benzene rings is 3. The van der Waals surface area contributed by atoms with Gasteiger partial charge in [0.15, 0.2) is 49.5 Å². The number of anilines is 1. The molecule has 0 fully saturated rings. The minimum atomic E-state index is -1.02. The van der Waals surface area contributed by atoms with Crippen LogP contribution in [0.2, 0.25) is 10.0 Å². The zero-order valence-corrected chi connectivity index (χ0v) is 65.4. The summed E-state index contributed by atoms with van der Waals surface area (Å²) >= 11 is 18.8. The van der Waals surface area contributed by atoms with Gasteiger partial charge in [-0.3, -0.25) is 24.1 Å². The van der Waals surface area contributed by atoms with Crippen LogP contribution in [0.15, 0.2) is 113 Å². The molecule has 104 heavy (non-hydrogen) atoms. The smallest absolute Gasteiger partial charge is 0.358 e. The Labute approximate surface area is 630 Å². The monoisotopic (exact) mass is 1600 g/mol. The molecule has 2 aliphatic rings. The number of fused-ring (bicyclic) bond motifs is 2. The number of halogens is 4. The average molecular weight is 1600 g/mol. The zero-order chi connectivity index (χ0) is 77.4. The maximum atomic E-state index is 14.1. The highest BCUT2D eigenvalue weighted by atomic mass is 79.9. The molecule has 2 aliphatic heterocycles. The Balaban J connectivity index is 0.000000250. The van der Waals surface area contributed by atoms with Gasteiger partial charge in [0.25, 0.3) is 5.91 Å². The van der Waals surface area contributed by atoms with Crippen LogP contribution in [-0.4, -0.2) is 148 Å².